The highest BCUT2D eigenvalue weighted by Crippen LogP contribution is 2.20. The molecule has 4 rings (SSSR count). The van der Waals surface area contributed by atoms with Gasteiger partial charge in [0.25, 0.3) is 0 Å². The van der Waals surface area contributed by atoms with Crippen LogP contribution in [-0.4, -0.2) is 32.2 Å². The van der Waals surface area contributed by atoms with E-state index in [2.05, 4.69) is 31.8 Å². The third-order valence-electron chi connectivity index (χ3n) is 4.29. The van der Waals surface area contributed by atoms with Crippen molar-refractivity contribution in [1.82, 2.24) is 25.1 Å². The normalized spacial score (nSPS) is 11.2. The summed E-state index contributed by atoms with van der Waals surface area (Å²) in [6, 6.07) is 13.8. The molecule has 7 nitrogen and oxygen atoms in total. The number of nitrogens with one attached hydrogen (secondary N) is 2. The molecule has 0 atom stereocenters. The molecule has 1 amide bonds. The molecule has 0 aliphatic rings. The van der Waals surface area contributed by atoms with Crippen LogP contribution in [0.4, 0.5) is 5.82 Å². The molecule has 4 aromatic rings. The first-order valence-electron chi connectivity index (χ1n) is 9.23. The molecule has 8 heteroatoms. The van der Waals surface area contributed by atoms with Crippen molar-refractivity contribution in [3.63, 3.8) is 0 Å². The Morgan fingerprint density at radius 2 is 2.03 bits per heavy atom. The van der Waals surface area contributed by atoms with Gasteiger partial charge in [-0.25, -0.2) is 14.6 Å². The standard InChI is InChI=1S/C21H20N6OS/c28-19(9-8-16-5-2-1-3-6-16)22-10-11-27-21-18(14-26-27)20(24-15-25-21)23-13-17-7-4-12-29-17/h1-9,12,14-15H,10-11,13H2,(H,22,28)(H,23,24,25)/b9-8+. The molecule has 29 heavy (non-hydrogen) atoms. The van der Waals surface area contributed by atoms with E-state index in [4.69, 9.17) is 0 Å². The molecule has 0 radical (unpaired) electrons. The summed E-state index contributed by atoms with van der Waals surface area (Å²) in [6.45, 7) is 1.69. The van der Waals surface area contributed by atoms with Gasteiger partial charge >= 0.3 is 0 Å². The molecule has 3 aromatic heterocycles. The summed E-state index contributed by atoms with van der Waals surface area (Å²) in [6.07, 6.45) is 6.60. The summed E-state index contributed by atoms with van der Waals surface area (Å²) in [5.74, 6) is 0.614. The van der Waals surface area contributed by atoms with Crippen LogP contribution in [0.2, 0.25) is 0 Å². The van der Waals surface area contributed by atoms with Crippen LogP contribution >= 0.6 is 11.3 Å². The number of benzene rings is 1. The van der Waals surface area contributed by atoms with Crippen molar-refractivity contribution in [2.75, 3.05) is 11.9 Å². The number of nitrogens with zero attached hydrogens (tertiary/aromatic N) is 4. The molecule has 3 heterocycles. The quantitative estimate of drug-likeness (QED) is 0.440. The number of carbonyl (C=O) groups excluding carboxylic acids is 1. The fourth-order valence-corrected chi connectivity index (χ4v) is 3.51. The molecule has 0 saturated carbocycles. The zero-order valence-corrected chi connectivity index (χ0v) is 16.5. The Kier molecular flexibility index (Phi) is 5.92. The summed E-state index contributed by atoms with van der Waals surface area (Å²) < 4.78 is 1.77. The molecule has 0 aliphatic heterocycles. The van der Waals surface area contributed by atoms with E-state index in [0.717, 1.165) is 22.4 Å². The lowest BCUT2D eigenvalue weighted by Crippen LogP contribution is -2.25. The minimum absolute atomic E-state index is 0.141. The largest absolute Gasteiger partial charge is 0.364 e. The molecular weight excluding hydrogens is 384 g/mol. The van der Waals surface area contributed by atoms with Gasteiger partial charge in [-0.2, -0.15) is 5.10 Å². The average Bonchev–Trinajstić information content (AvgIpc) is 3.42. The maximum Gasteiger partial charge on any atom is 0.244 e. The van der Waals surface area contributed by atoms with Crippen LogP contribution in [0.5, 0.6) is 0 Å². The lowest BCUT2D eigenvalue weighted by Gasteiger charge is -2.06. The first-order chi connectivity index (χ1) is 14.3. The molecule has 0 spiro atoms. The van der Waals surface area contributed by atoms with Gasteiger partial charge in [0.15, 0.2) is 5.65 Å². The van der Waals surface area contributed by atoms with Crippen molar-refractivity contribution in [2.24, 2.45) is 0 Å². The third-order valence-corrected chi connectivity index (χ3v) is 5.17. The Hall–Kier alpha value is -3.52. The van der Waals surface area contributed by atoms with Crippen molar-refractivity contribution < 1.29 is 4.79 Å². The second kappa shape index (κ2) is 9.11. The maximum atomic E-state index is 12.0. The van der Waals surface area contributed by atoms with Gasteiger partial charge in [-0.15, -0.1) is 11.3 Å². The highest BCUT2D eigenvalue weighted by atomic mass is 32.1. The third kappa shape index (κ3) is 4.85. The van der Waals surface area contributed by atoms with Crippen molar-refractivity contribution in [3.8, 4) is 0 Å². The fourth-order valence-electron chi connectivity index (χ4n) is 2.86. The summed E-state index contributed by atoms with van der Waals surface area (Å²) in [4.78, 5) is 21.9. The van der Waals surface area contributed by atoms with Gasteiger partial charge in [-0.3, -0.25) is 4.79 Å². The van der Waals surface area contributed by atoms with Crippen LogP contribution in [-0.2, 0) is 17.9 Å². The van der Waals surface area contributed by atoms with Gasteiger partial charge < -0.3 is 10.6 Å². The highest BCUT2D eigenvalue weighted by molar-refractivity contribution is 7.09. The van der Waals surface area contributed by atoms with Gasteiger partial charge in [-0.1, -0.05) is 36.4 Å². The predicted octanol–water partition coefficient (Wildman–Crippen LogP) is 3.33. The van der Waals surface area contributed by atoms with Crippen LogP contribution in [0, 0.1) is 0 Å². The summed E-state index contributed by atoms with van der Waals surface area (Å²) in [5, 5.41) is 13.5. The average molecular weight is 404 g/mol. The van der Waals surface area contributed by atoms with Crippen molar-refractivity contribution in [3.05, 3.63) is 76.9 Å². The molecule has 0 fully saturated rings. The number of rotatable bonds is 8. The van der Waals surface area contributed by atoms with Crippen molar-refractivity contribution in [1.29, 1.82) is 0 Å². The molecular formula is C21H20N6OS. The van der Waals surface area contributed by atoms with Crippen molar-refractivity contribution >= 4 is 40.2 Å². The molecule has 0 bridgehead atoms. The van der Waals surface area contributed by atoms with E-state index < -0.39 is 0 Å². The second-order valence-corrected chi connectivity index (χ2v) is 7.33. The number of carbonyl (C=O) groups is 1. The molecule has 2 N–H and O–H groups in total. The monoisotopic (exact) mass is 404 g/mol. The van der Waals surface area contributed by atoms with Crippen molar-refractivity contribution in [2.45, 2.75) is 13.1 Å². The molecule has 0 unspecified atom stereocenters. The summed E-state index contributed by atoms with van der Waals surface area (Å²) >= 11 is 1.70. The first-order valence-corrected chi connectivity index (χ1v) is 10.1. The smallest absolute Gasteiger partial charge is 0.244 e. The summed E-state index contributed by atoms with van der Waals surface area (Å²) in [7, 11) is 0. The van der Waals surface area contributed by atoms with E-state index in [1.54, 1.807) is 28.3 Å². The number of hydrogen-bond donors (Lipinski definition) is 2. The zero-order valence-electron chi connectivity index (χ0n) is 15.7. The number of fused-ring (bicyclic) bond motifs is 1. The Bertz CT molecular complexity index is 1100. The highest BCUT2D eigenvalue weighted by Gasteiger charge is 2.10. The fraction of sp³-hybridized carbons (Fsp3) is 0.143. The molecule has 0 saturated heterocycles. The lowest BCUT2D eigenvalue weighted by molar-refractivity contribution is -0.116. The number of hydrogen-bond acceptors (Lipinski definition) is 6. The van der Waals surface area contributed by atoms with Gasteiger partial charge in [0.05, 0.1) is 24.7 Å². The minimum atomic E-state index is -0.141. The summed E-state index contributed by atoms with van der Waals surface area (Å²) in [5.41, 5.74) is 1.72. The number of aromatic nitrogens is 4. The van der Waals surface area contributed by atoms with E-state index in [1.807, 2.05) is 41.8 Å². The van der Waals surface area contributed by atoms with Crippen LogP contribution in [0.25, 0.3) is 17.1 Å². The second-order valence-electron chi connectivity index (χ2n) is 6.30. The van der Waals surface area contributed by atoms with Gasteiger partial charge in [0.2, 0.25) is 5.91 Å². The van der Waals surface area contributed by atoms with Gasteiger partial charge in [0, 0.05) is 17.5 Å². The zero-order chi connectivity index (χ0) is 19.9. The van der Waals surface area contributed by atoms with Crippen LogP contribution in [0.3, 0.4) is 0 Å². The van der Waals surface area contributed by atoms with E-state index in [-0.39, 0.29) is 5.91 Å². The molecule has 1 aromatic carbocycles. The van der Waals surface area contributed by atoms with Crippen LogP contribution in [0.1, 0.15) is 10.4 Å². The molecule has 0 aliphatic carbocycles. The molecule has 146 valence electrons. The number of amides is 1. The van der Waals surface area contributed by atoms with Gasteiger partial charge in [0.1, 0.15) is 12.1 Å². The van der Waals surface area contributed by atoms with Crippen LogP contribution < -0.4 is 10.6 Å². The maximum absolute atomic E-state index is 12.0. The van der Waals surface area contributed by atoms with E-state index in [1.165, 1.54) is 17.3 Å². The predicted molar refractivity (Wildman–Crippen MR) is 115 cm³/mol. The topological polar surface area (TPSA) is 84.7 Å². The lowest BCUT2D eigenvalue weighted by atomic mass is 10.2. The first kappa shape index (κ1) is 18.8. The number of thiophene rings is 1. The van der Waals surface area contributed by atoms with E-state index in [9.17, 15) is 4.79 Å². The van der Waals surface area contributed by atoms with E-state index in [0.29, 0.717) is 19.6 Å². The van der Waals surface area contributed by atoms with Crippen LogP contribution in [0.15, 0.2) is 66.4 Å². The van der Waals surface area contributed by atoms with Gasteiger partial charge in [-0.05, 0) is 23.1 Å². The Labute approximate surface area is 172 Å². The Morgan fingerprint density at radius 1 is 1.14 bits per heavy atom. The Balaban J connectivity index is 1.34. The number of anilines is 1. The minimum Gasteiger partial charge on any atom is -0.364 e. The Morgan fingerprint density at radius 3 is 2.86 bits per heavy atom. The SMILES string of the molecule is O=C(/C=C/c1ccccc1)NCCn1ncc2c(NCc3cccs3)ncnc21. The van der Waals surface area contributed by atoms with E-state index >= 15 is 0 Å².